The zero-order valence-electron chi connectivity index (χ0n) is 12.9. The van der Waals surface area contributed by atoms with Crippen molar-refractivity contribution >= 4 is 11.9 Å². The van der Waals surface area contributed by atoms with E-state index >= 15 is 0 Å². The van der Waals surface area contributed by atoms with Gasteiger partial charge < -0.3 is 10.4 Å². The van der Waals surface area contributed by atoms with E-state index in [1.54, 1.807) is 0 Å². The van der Waals surface area contributed by atoms with Crippen LogP contribution in [-0.2, 0) is 9.59 Å². The molecule has 4 heteroatoms. The van der Waals surface area contributed by atoms with Gasteiger partial charge in [-0.05, 0) is 25.2 Å². The molecule has 1 aliphatic rings. The molecule has 1 aliphatic carbocycles. The number of carbonyl (C=O) groups excluding carboxylic acids is 1. The molecular formula is C16H29NO3. The molecular weight excluding hydrogens is 254 g/mol. The number of hydrogen-bond donors (Lipinski definition) is 2. The van der Waals surface area contributed by atoms with E-state index in [1.165, 1.54) is 19.3 Å². The van der Waals surface area contributed by atoms with Crippen molar-refractivity contribution in [3.63, 3.8) is 0 Å². The molecule has 1 saturated carbocycles. The molecule has 1 amide bonds. The number of rotatable bonds is 8. The maximum Gasteiger partial charge on any atom is 0.326 e. The molecule has 0 bridgehead atoms. The number of carboxylic acid groups (broad SMARTS) is 1. The van der Waals surface area contributed by atoms with Crippen LogP contribution >= 0.6 is 0 Å². The molecule has 4 nitrogen and oxygen atoms in total. The van der Waals surface area contributed by atoms with Crippen molar-refractivity contribution < 1.29 is 14.7 Å². The zero-order chi connectivity index (χ0) is 15.0. The van der Waals surface area contributed by atoms with Crippen LogP contribution in [0.25, 0.3) is 0 Å². The summed E-state index contributed by atoms with van der Waals surface area (Å²) in [6.07, 6.45) is 9.31. The highest BCUT2D eigenvalue weighted by molar-refractivity contribution is 5.84. The van der Waals surface area contributed by atoms with E-state index < -0.39 is 12.0 Å². The Labute approximate surface area is 122 Å². The van der Waals surface area contributed by atoms with Gasteiger partial charge in [-0.3, -0.25) is 4.79 Å². The predicted octanol–water partition coefficient (Wildman–Crippen LogP) is 3.35. The van der Waals surface area contributed by atoms with Crippen LogP contribution in [0.3, 0.4) is 0 Å². The van der Waals surface area contributed by atoms with Crippen molar-refractivity contribution in [2.45, 2.75) is 77.7 Å². The SMILES string of the molecule is CCCCCC(NC(=O)[C@@H](C)C1CCCCC1)C(=O)O. The summed E-state index contributed by atoms with van der Waals surface area (Å²) < 4.78 is 0. The Balaban J connectivity index is 2.45. The van der Waals surface area contributed by atoms with Gasteiger partial charge in [0.15, 0.2) is 0 Å². The molecule has 0 heterocycles. The smallest absolute Gasteiger partial charge is 0.326 e. The fourth-order valence-electron chi connectivity index (χ4n) is 3.01. The van der Waals surface area contributed by atoms with Crippen molar-refractivity contribution in [2.75, 3.05) is 0 Å². The number of amides is 1. The second-order valence-electron chi connectivity index (χ2n) is 6.08. The van der Waals surface area contributed by atoms with Crippen molar-refractivity contribution in [1.82, 2.24) is 5.32 Å². The predicted molar refractivity (Wildman–Crippen MR) is 79.4 cm³/mol. The number of aliphatic carboxylic acids is 1. The molecule has 1 unspecified atom stereocenters. The normalized spacial score (nSPS) is 19.3. The molecule has 0 aromatic rings. The number of carboxylic acids is 1. The minimum absolute atomic E-state index is 0.0664. The van der Waals surface area contributed by atoms with Crippen molar-refractivity contribution in [2.24, 2.45) is 11.8 Å². The van der Waals surface area contributed by atoms with E-state index in [2.05, 4.69) is 12.2 Å². The molecule has 1 fully saturated rings. The lowest BCUT2D eigenvalue weighted by atomic mass is 9.80. The third kappa shape index (κ3) is 5.51. The van der Waals surface area contributed by atoms with Gasteiger partial charge >= 0.3 is 5.97 Å². The average molecular weight is 283 g/mol. The lowest BCUT2D eigenvalue weighted by molar-refractivity contribution is -0.143. The molecule has 0 aromatic heterocycles. The molecule has 2 N–H and O–H groups in total. The van der Waals surface area contributed by atoms with Gasteiger partial charge in [-0.15, -0.1) is 0 Å². The number of hydrogen-bond acceptors (Lipinski definition) is 2. The monoisotopic (exact) mass is 283 g/mol. The molecule has 0 saturated heterocycles. The summed E-state index contributed by atoms with van der Waals surface area (Å²) in [5.41, 5.74) is 0. The standard InChI is InChI=1S/C16H29NO3/c1-3-4-6-11-14(16(19)20)17-15(18)12(2)13-9-7-5-8-10-13/h12-14H,3-11H2,1-2H3,(H,17,18)(H,19,20)/t12-,14?/m0/s1. The fraction of sp³-hybridized carbons (Fsp3) is 0.875. The Kier molecular flexibility index (Phi) is 7.63. The van der Waals surface area contributed by atoms with Crippen LogP contribution in [-0.4, -0.2) is 23.0 Å². The summed E-state index contributed by atoms with van der Waals surface area (Å²) in [5, 5.41) is 11.9. The Bertz CT molecular complexity index is 311. The van der Waals surface area contributed by atoms with E-state index in [1.807, 2.05) is 6.92 Å². The van der Waals surface area contributed by atoms with Gasteiger partial charge in [-0.25, -0.2) is 4.79 Å². The van der Waals surface area contributed by atoms with Gasteiger partial charge in [0.1, 0.15) is 6.04 Å². The Morgan fingerprint density at radius 1 is 1.20 bits per heavy atom. The van der Waals surface area contributed by atoms with E-state index in [-0.39, 0.29) is 11.8 Å². The first-order valence-electron chi connectivity index (χ1n) is 8.09. The topological polar surface area (TPSA) is 66.4 Å². The van der Waals surface area contributed by atoms with Gasteiger partial charge in [0.05, 0.1) is 0 Å². The number of nitrogens with one attached hydrogen (secondary N) is 1. The quantitative estimate of drug-likeness (QED) is 0.671. The van der Waals surface area contributed by atoms with Crippen LogP contribution < -0.4 is 5.32 Å². The van der Waals surface area contributed by atoms with E-state index in [4.69, 9.17) is 0 Å². The van der Waals surface area contributed by atoms with E-state index in [0.717, 1.165) is 32.1 Å². The molecule has 0 aliphatic heterocycles. The Morgan fingerprint density at radius 2 is 1.85 bits per heavy atom. The maximum absolute atomic E-state index is 12.2. The van der Waals surface area contributed by atoms with Crippen molar-refractivity contribution in [3.8, 4) is 0 Å². The minimum Gasteiger partial charge on any atom is -0.480 e. The van der Waals surface area contributed by atoms with Crippen LogP contribution in [0.4, 0.5) is 0 Å². The molecule has 116 valence electrons. The summed E-state index contributed by atoms with van der Waals surface area (Å²) in [6.45, 7) is 4.02. The molecule has 0 spiro atoms. The summed E-state index contributed by atoms with van der Waals surface area (Å²) in [6, 6.07) is -0.722. The van der Waals surface area contributed by atoms with Crippen LogP contribution in [0.5, 0.6) is 0 Å². The molecule has 0 radical (unpaired) electrons. The largest absolute Gasteiger partial charge is 0.480 e. The lowest BCUT2D eigenvalue weighted by Crippen LogP contribution is -2.44. The van der Waals surface area contributed by atoms with Crippen LogP contribution in [0.1, 0.15) is 71.6 Å². The molecule has 2 atom stereocenters. The third-order valence-corrected chi connectivity index (χ3v) is 4.48. The first-order valence-corrected chi connectivity index (χ1v) is 8.09. The summed E-state index contributed by atoms with van der Waals surface area (Å²) in [7, 11) is 0. The number of carbonyl (C=O) groups is 2. The highest BCUT2D eigenvalue weighted by Crippen LogP contribution is 2.30. The molecule has 20 heavy (non-hydrogen) atoms. The zero-order valence-corrected chi connectivity index (χ0v) is 12.9. The van der Waals surface area contributed by atoms with E-state index in [0.29, 0.717) is 12.3 Å². The van der Waals surface area contributed by atoms with Gasteiger partial charge in [-0.2, -0.15) is 0 Å². The van der Waals surface area contributed by atoms with Crippen LogP contribution in [0.2, 0.25) is 0 Å². The molecule has 0 aromatic carbocycles. The average Bonchev–Trinajstić information content (AvgIpc) is 2.46. The first-order chi connectivity index (χ1) is 9.56. The summed E-state index contributed by atoms with van der Waals surface area (Å²) in [5.74, 6) is -0.636. The van der Waals surface area contributed by atoms with Crippen LogP contribution in [0.15, 0.2) is 0 Å². The van der Waals surface area contributed by atoms with Crippen molar-refractivity contribution in [1.29, 1.82) is 0 Å². The summed E-state index contributed by atoms with van der Waals surface area (Å²) >= 11 is 0. The van der Waals surface area contributed by atoms with E-state index in [9.17, 15) is 14.7 Å². The first kappa shape index (κ1) is 17.0. The Morgan fingerprint density at radius 3 is 2.40 bits per heavy atom. The highest BCUT2D eigenvalue weighted by atomic mass is 16.4. The Hall–Kier alpha value is -1.06. The fourth-order valence-corrected chi connectivity index (χ4v) is 3.01. The summed E-state index contributed by atoms with van der Waals surface area (Å²) in [4.78, 5) is 23.4. The second kappa shape index (κ2) is 8.98. The minimum atomic E-state index is -0.912. The van der Waals surface area contributed by atoms with Gasteiger partial charge in [0.25, 0.3) is 0 Å². The maximum atomic E-state index is 12.2. The van der Waals surface area contributed by atoms with Gasteiger partial charge in [-0.1, -0.05) is 52.4 Å². The van der Waals surface area contributed by atoms with Gasteiger partial charge in [0, 0.05) is 5.92 Å². The molecule has 1 rings (SSSR count). The highest BCUT2D eigenvalue weighted by Gasteiger charge is 2.28. The third-order valence-electron chi connectivity index (χ3n) is 4.48. The second-order valence-corrected chi connectivity index (χ2v) is 6.08. The van der Waals surface area contributed by atoms with Crippen LogP contribution in [0, 0.1) is 11.8 Å². The van der Waals surface area contributed by atoms with Gasteiger partial charge in [0.2, 0.25) is 5.91 Å². The van der Waals surface area contributed by atoms with Crippen molar-refractivity contribution in [3.05, 3.63) is 0 Å². The number of unbranched alkanes of at least 4 members (excludes halogenated alkanes) is 2. The lowest BCUT2D eigenvalue weighted by Gasteiger charge is -2.27.